The Morgan fingerprint density at radius 2 is 2.00 bits per heavy atom. The Hall–Kier alpha value is -2.42. The third-order valence-corrected chi connectivity index (χ3v) is 7.02. The van der Waals surface area contributed by atoms with E-state index in [9.17, 15) is 9.00 Å². The minimum absolute atomic E-state index is 0.182. The molecule has 8 heteroatoms. The lowest BCUT2D eigenvalue weighted by molar-refractivity contribution is -0.114. The van der Waals surface area contributed by atoms with Crippen LogP contribution in [0.15, 0.2) is 52.0 Å². The molecule has 142 valence electrons. The van der Waals surface area contributed by atoms with Crippen LogP contribution in [0.4, 0.5) is 5.13 Å². The average Bonchev–Trinajstić information content (AvgIpc) is 3.22. The predicted molar refractivity (Wildman–Crippen MR) is 110 cm³/mol. The molecule has 0 aliphatic heterocycles. The number of amides is 1. The molecule has 0 radical (unpaired) electrons. The molecule has 2 heterocycles. The van der Waals surface area contributed by atoms with Crippen molar-refractivity contribution in [3.05, 3.63) is 53.7 Å². The van der Waals surface area contributed by atoms with Crippen LogP contribution in [0.3, 0.4) is 0 Å². The highest BCUT2D eigenvalue weighted by atomic mass is 32.2. The topological polar surface area (TPSA) is 75.4 Å². The second-order valence-electron chi connectivity index (χ2n) is 6.15. The number of anilines is 1. The van der Waals surface area contributed by atoms with Gasteiger partial charge in [0.05, 0.1) is 20.3 Å². The van der Waals surface area contributed by atoms with Crippen molar-refractivity contribution in [3.63, 3.8) is 0 Å². The Morgan fingerprint density at radius 3 is 2.67 bits per heavy atom. The van der Waals surface area contributed by atoms with Crippen LogP contribution in [0.1, 0.15) is 18.2 Å². The van der Waals surface area contributed by atoms with Gasteiger partial charge in [-0.15, -0.1) is 0 Å². The number of nitrogens with zero attached hydrogens (tertiary/aromatic N) is 2. The molecule has 0 fully saturated rings. The Balaban J connectivity index is 1.84. The summed E-state index contributed by atoms with van der Waals surface area (Å²) in [6, 6.07) is 13.2. The lowest BCUT2D eigenvalue weighted by atomic mass is 10.2. The van der Waals surface area contributed by atoms with Gasteiger partial charge >= 0.3 is 0 Å². The summed E-state index contributed by atoms with van der Waals surface area (Å²) in [6.45, 7) is 3.76. The molecule has 27 heavy (non-hydrogen) atoms. The minimum Gasteiger partial charge on any atom is -0.446 e. The highest BCUT2D eigenvalue weighted by Gasteiger charge is 2.21. The molecular weight excluding hydrogens is 382 g/mol. The van der Waals surface area contributed by atoms with E-state index in [1.165, 1.54) is 18.3 Å². The van der Waals surface area contributed by atoms with Gasteiger partial charge in [-0.2, -0.15) is 0 Å². The van der Waals surface area contributed by atoms with Gasteiger partial charge in [0, 0.05) is 13.5 Å². The van der Waals surface area contributed by atoms with Crippen LogP contribution in [0.2, 0.25) is 0 Å². The van der Waals surface area contributed by atoms with E-state index in [2.05, 4.69) is 16.2 Å². The lowest BCUT2D eigenvalue weighted by Crippen LogP contribution is -2.25. The van der Waals surface area contributed by atoms with E-state index >= 15 is 0 Å². The highest BCUT2D eigenvalue weighted by molar-refractivity contribution is 7.98. The summed E-state index contributed by atoms with van der Waals surface area (Å²) in [5.41, 5.74) is 1.78. The van der Waals surface area contributed by atoms with Crippen molar-refractivity contribution in [1.82, 2.24) is 9.29 Å². The number of nitrogens with one attached hydrogen (secondary N) is 1. The van der Waals surface area contributed by atoms with E-state index in [0.717, 1.165) is 16.1 Å². The first-order chi connectivity index (χ1) is 12.8. The quantitative estimate of drug-likeness (QED) is 0.636. The van der Waals surface area contributed by atoms with Gasteiger partial charge in [0.2, 0.25) is 5.91 Å². The molecule has 6 nitrogen and oxygen atoms in total. The number of benzene rings is 1. The minimum atomic E-state index is -2.77. The van der Waals surface area contributed by atoms with Crippen LogP contribution in [0.25, 0.3) is 10.6 Å². The number of carbonyl (C=O) groups is 1. The maximum absolute atomic E-state index is 13.2. The summed E-state index contributed by atoms with van der Waals surface area (Å²) >= 11 is 1.31. The molecule has 0 bridgehead atoms. The van der Waals surface area contributed by atoms with Crippen molar-refractivity contribution >= 4 is 38.0 Å². The van der Waals surface area contributed by atoms with Gasteiger partial charge in [0.1, 0.15) is 5.76 Å². The third-order valence-electron chi connectivity index (χ3n) is 3.95. The zero-order valence-corrected chi connectivity index (χ0v) is 17.0. The molecular formula is C19H21N3O3S2. The monoisotopic (exact) mass is 403 g/mol. The van der Waals surface area contributed by atoms with Gasteiger partial charge in [-0.05, 0) is 37.5 Å². The van der Waals surface area contributed by atoms with E-state index in [-0.39, 0.29) is 5.91 Å². The smallest absolute Gasteiger partial charge is 0.223 e. The summed E-state index contributed by atoms with van der Waals surface area (Å²) in [5.74, 6) is 4.28. The molecule has 3 rings (SSSR count). The molecule has 0 aliphatic carbocycles. The molecule has 0 aliphatic rings. The van der Waals surface area contributed by atoms with Gasteiger partial charge in [-0.1, -0.05) is 41.7 Å². The average molecular weight is 404 g/mol. The number of carbonyl (C=O) groups excluding carboxylic acids is 1. The van der Waals surface area contributed by atoms with Crippen LogP contribution < -0.4 is 5.32 Å². The van der Waals surface area contributed by atoms with E-state index in [0.29, 0.717) is 22.5 Å². The van der Waals surface area contributed by atoms with E-state index in [1.807, 2.05) is 37.3 Å². The van der Waals surface area contributed by atoms with Crippen LogP contribution in [0.5, 0.6) is 0 Å². The maximum Gasteiger partial charge on any atom is 0.223 e. The third kappa shape index (κ3) is 4.29. The zero-order chi connectivity index (χ0) is 19.6. The van der Waals surface area contributed by atoms with Crippen LogP contribution in [-0.4, -0.2) is 32.3 Å². The standard InChI is InChI=1S/C19H21N3O3S2/c1-13-18(26-19(20-13)21-14(2)23)16-10-11-17(25-16)27(4,24)22(3)12-15-8-6-5-7-9-15/h5-11H,4,12H2,1-3H3,(H,20,21,23). The molecule has 1 aromatic carbocycles. The van der Waals surface area contributed by atoms with Crippen molar-refractivity contribution in [3.8, 4) is 10.6 Å². The molecule has 3 aromatic rings. The Morgan fingerprint density at radius 1 is 1.30 bits per heavy atom. The normalized spacial score (nSPS) is 13.5. The van der Waals surface area contributed by atoms with Crippen molar-refractivity contribution in [2.45, 2.75) is 25.5 Å². The van der Waals surface area contributed by atoms with Crippen LogP contribution in [-0.2, 0) is 21.0 Å². The summed E-state index contributed by atoms with van der Waals surface area (Å²) in [6.07, 6.45) is 0. The van der Waals surface area contributed by atoms with Gasteiger partial charge in [-0.25, -0.2) is 13.5 Å². The molecule has 1 N–H and O–H groups in total. The van der Waals surface area contributed by atoms with Gasteiger partial charge < -0.3 is 9.73 Å². The second-order valence-corrected chi connectivity index (χ2v) is 9.45. The maximum atomic E-state index is 13.2. The number of hydrogen-bond donors (Lipinski definition) is 1. The predicted octanol–water partition coefficient (Wildman–Crippen LogP) is 3.79. The van der Waals surface area contributed by atoms with Gasteiger partial charge in [0.25, 0.3) is 0 Å². The van der Waals surface area contributed by atoms with Crippen molar-refractivity contribution in [2.75, 3.05) is 12.4 Å². The largest absolute Gasteiger partial charge is 0.446 e. The summed E-state index contributed by atoms with van der Waals surface area (Å²) < 4.78 is 20.8. The molecule has 1 unspecified atom stereocenters. The number of aromatic nitrogens is 1. The first-order valence-electron chi connectivity index (χ1n) is 8.25. The van der Waals surface area contributed by atoms with Gasteiger partial charge in [-0.3, -0.25) is 4.79 Å². The van der Waals surface area contributed by atoms with Crippen molar-refractivity contribution in [1.29, 1.82) is 0 Å². The number of furan rings is 1. The Labute approximate surface area is 163 Å². The fraction of sp³-hybridized carbons (Fsp3) is 0.211. The fourth-order valence-electron chi connectivity index (χ4n) is 2.54. The van der Waals surface area contributed by atoms with Crippen LogP contribution >= 0.6 is 11.3 Å². The molecule has 1 atom stereocenters. The molecule has 0 spiro atoms. The van der Waals surface area contributed by atoms with E-state index < -0.39 is 9.71 Å². The summed E-state index contributed by atoms with van der Waals surface area (Å²) in [4.78, 5) is 16.3. The number of thiazole rings is 1. The molecule has 0 saturated carbocycles. The fourth-order valence-corrected chi connectivity index (χ4v) is 4.68. The van der Waals surface area contributed by atoms with E-state index in [1.54, 1.807) is 23.5 Å². The SMILES string of the molecule is C=S(=O)(c1ccc(-c2sc(NC(C)=O)nc2C)o1)N(C)Cc1ccccc1. The molecule has 2 aromatic heterocycles. The Kier molecular flexibility index (Phi) is 5.50. The summed E-state index contributed by atoms with van der Waals surface area (Å²) in [7, 11) is -1.01. The van der Waals surface area contributed by atoms with Crippen molar-refractivity contribution in [2.24, 2.45) is 0 Å². The number of rotatable bonds is 6. The Bertz CT molecular complexity index is 1050. The summed E-state index contributed by atoms with van der Waals surface area (Å²) in [5, 5.41) is 3.48. The highest BCUT2D eigenvalue weighted by Crippen LogP contribution is 2.35. The van der Waals surface area contributed by atoms with Crippen molar-refractivity contribution < 1.29 is 13.4 Å². The first-order valence-corrected chi connectivity index (χ1v) is 10.7. The van der Waals surface area contributed by atoms with Crippen LogP contribution in [0, 0.1) is 6.92 Å². The number of aryl methyl sites for hydroxylation is 1. The van der Waals surface area contributed by atoms with Gasteiger partial charge in [0.15, 0.2) is 10.2 Å². The number of hydrogen-bond acceptors (Lipinski definition) is 5. The second kappa shape index (κ2) is 7.67. The van der Waals surface area contributed by atoms with E-state index in [4.69, 9.17) is 4.42 Å². The lowest BCUT2D eigenvalue weighted by Gasteiger charge is -2.20. The molecule has 1 amide bonds. The zero-order valence-electron chi connectivity index (χ0n) is 15.4. The molecule has 0 saturated heterocycles. The first kappa shape index (κ1) is 19.3.